The molecule has 1 heterocycles. The van der Waals surface area contributed by atoms with Gasteiger partial charge in [0.05, 0.1) is 22.2 Å². The fourth-order valence-corrected chi connectivity index (χ4v) is 3.53. The van der Waals surface area contributed by atoms with E-state index in [1.165, 1.54) is 12.1 Å². The molecule has 154 valence electrons. The number of carbonyl (C=O) groups is 3. The van der Waals surface area contributed by atoms with E-state index in [9.17, 15) is 19.5 Å². The Kier molecular flexibility index (Phi) is 5.32. The molecule has 0 aliphatic heterocycles. The number of pyridine rings is 1. The van der Waals surface area contributed by atoms with Crippen molar-refractivity contribution in [3.05, 3.63) is 89.5 Å². The van der Waals surface area contributed by atoms with Gasteiger partial charge in [-0.25, -0.2) is 14.6 Å². The molecule has 0 aliphatic rings. The van der Waals surface area contributed by atoms with Gasteiger partial charge in [0.1, 0.15) is 6.04 Å². The SMILES string of the molecule is O=C(O)c1ccc(C[C@@H](NC(=O)c2c3ccccc3nc3ccccc23)C(=O)O)cc1. The molecule has 3 aromatic carbocycles. The van der Waals surface area contributed by atoms with Crippen molar-refractivity contribution in [2.24, 2.45) is 0 Å². The van der Waals surface area contributed by atoms with E-state index in [0.717, 1.165) is 0 Å². The molecule has 3 N–H and O–H groups in total. The molecule has 4 aromatic rings. The highest BCUT2D eigenvalue weighted by molar-refractivity contribution is 6.16. The van der Waals surface area contributed by atoms with Gasteiger partial charge in [-0.1, -0.05) is 48.5 Å². The van der Waals surface area contributed by atoms with Crippen LogP contribution in [-0.4, -0.2) is 39.1 Å². The third kappa shape index (κ3) is 4.06. The molecule has 0 spiro atoms. The molecule has 0 saturated heterocycles. The van der Waals surface area contributed by atoms with Gasteiger partial charge in [0.15, 0.2) is 0 Å². The molecule has 31 heavy (non-hydrogen) atoms. The summed E-state index contributed by atoms with van der Waals surface area (Å²) >= 11 is 0. The van der Waals surface area contributed by atoms with Crippen LogP contribution >= 0.6 is 0 Å². The van der Waals surface area contributed by atoms with Gasteiger partial charge in [0.25, 0.3) is 5.91 Å². The Morgan fingerprint density at radius 1 is 0.806 bits per heavy atom. The first-order chi connectivity index (χ1) is 14.9. The number of aromatic nitrogens is 1. The second kappa shape index (κ2) is 8.23. The quantitative estimate of drug-likeness (QED) is 0.416. The zero-order valence-electron chi connectivity index (χ0n) is 16.3. The summed E-state index contributed by atoms with van der Waals surface area (Å²) in [5.41, 5.74) is 2.36. The summed E-state index contributed by atoms with van der Waals surface area (Å²) < 4.78 is 0. The van der Waals surface area contributed by atoms with Crippen LogP contribution in [-0.2, 0) is 11.2 Å². The predicted octanol–water partition coefficient (Wildman–Crippen LogP) is 3.51. The van der Waals surface area contributed by atoms with Crippen LogP contribution in [0, 0.1) is 0 Å². The van der Waals surface area contributed by atoms with Gasteiger partial charge in [-0.05, 0) is 29.8 Å². The van der Waals surface area contributed by atoms with E-state index in [0.29, 0.717) is 32.9 Å². The highest BCUT2D eigenvalue weighted by Crippen LogP contribution is 2.26. The highest BCUT2D eigenvalue weighted by atomic mass is 16.4. The van der Waals surface area contributed by atoms with E-state index < -0.39 is 23.9 Å². The van der Waals surface area contributed by atoms with Crippen LogP contribution in [0.15, 0.2) is 72.8 Å². The van der Waals surface area contributed by atoms with Crippen LogP contribution in [0.1, 0.15) is 26.3 Å². The maximum atomic E-state index is 13.2. The van der Waals surface area contributed by atoms with Crippen molar-refractivity contribution in [2.45, 2.75) is 12.5 Å². The topological polar surface area (TPSA) is 117 Å². The summed E-state index contributed by atoms with van der Waals surface area (Å²) in [6.45, 7) is 0. The number of aromatic carboxylic acids is 1. The van der Waals surface area contributed by atoms with Gasteiger partial charge in [-0.2, -0.15) is 0 Å². The Morgan fingerprint density at radius 2 is 1.35 bits per heavy atom. The van der Waals surface area contributed by atoms with Crippen molar-refractivity contribution in [2.75, 3.05) is 0 Å². The van der Waals surface area contributed by atoms with Crippen molar-refractivity contribution in [3.63, 3.8) is 0 Å². The number of carboxylic acid groups (broad SMARTS) is 2. The number of fused-ring (bicyclic) bond motifs is 2. The zero-order valence-corrected chi connectivity index (χ0v) is 16.3. The van der Waals surface area contributed by atoms with Crippen LogP contribution < -0.4 is 5.32 Å². The molecule has 7 heteroatoms. The van der Waals surface area contributed by atoms with Gasteiger partial charge >= 0.3 is 11.9 Å². The van der Waals surface area contributed by atoms with E-state index in [1.807, 2.05) is 12.1 Å². The van der Waals surface area contributed by atoms with Crippen LogP contribution in [0.4, 0.5) is 0 Å². The van der Waals surface area contributed by atoms with E-state index >= 15 is 0 Å². The molecule has 0 aliphatic carbocycles. The minimum atomic E-state index is -1.19. The first kappa shape index (κ1) is 20.0. The maximum absolute atomic E-state index is 13.2. The first-order valence-electron chi connectivity index (χ1n) is 9.57. The summed E-state index contributed by atoms with van der Waals surface area (Å²) in [7, 11) is 0. The number of para-hydroxylation sites is 2. The van der Waals surface area contributed by atoms with Crippen LogP contribution in [0.5, 0.6) is 0 Å². The van der Waals surface area contributed by atoms with Crippen molar-refractivity contribution < 1.29 is 24.6 Å². The number of hydrogen-bond acceptors (Lipinski definition) is 4. The molecular formula is C24H18N2O5. The van der Waals surface area contributed by atoms with E-state index in [2.05, 4.69) is 10.3 Å². The highest BCUT2D eigenvalue weighted by Gasteiger charge is 2.24. The van der Waals surface area contributed by atoms with E-state index in [1.54, 1.807) is 48.5 Å². The molecule has 0 bridgehead atoms. The lowest BCUT2D eigenvalue weighted by atomic mass is 10.0. The maximum Gasteiger partial charge on any atom is 0.335 e. The summed E-state index contributed by atoms with van der Waals surface area (Å²) in [5, 5.41) is 22.6. The number of carboxylic acids is 2. The molecule has 0 fully saturated rings. The fraction of sp³-hybridized carbons (Fsp3) is 0.0833. The van der Waals surface area contributed by atoms with Gasteiger partial charge in [-0.3, -0.25) is 4.79 Å². The number of rotatable bonds is 6. The van der Waals surface area contributed by atoms with Crippen LogP contribution in [0.3, 0.4) is 0 Å². The lowest BCUT2D eigenvalue weighted by molar-refractivity contribution is -0.139. The lowest BCUT2D eigenvalue weighted by Crippen LogP contribution is -2.42. The van der Waals surface area contributed by atoms with Gasteiger partial charge in [0, 0.05) is 17.2 Å². The Balaban J connectivity index is 1.68. The molecule has 4 rings (SSSR count). The van der Waals surface area contributed by atoms with Crippen molar-refractivity contribution in [3.8, 4) is 0 Å². The van der Waals surface area contributed by atoms with Crippen molar-refractivity contribution in [1.82, 2.24) is 10.3 Å². The van der Waals surface area contributed by atoms with Crippen LogP contribution in [0.2, 0.25) is 0 Å². The molecule has 1 aromatic heterocycles. The molecular weight excluding hydrogens is 396 g/mol. The second-order valence-electron chi connectivity index (χ2n) is 7.09. The molecule has 0 saturated carbocycles. The number of amides is 1. The molecule has 0 radical (unpaired) electrons. The Labute approximate surface area is 177 Å². The summed E-state index contributed by atoms with van der Waals surface area (Å²) in [4.78, 5) is 40.7. The van der Waals surface area contributed by atoms with Crippen LogP contribution in [0.25, 0.3) is 21.8 Å². The minimum absolute atomic E-state index is 0.0158. The summed E-state index contributed by atoms with van der Waals surface area (Å²) in [5.74, 6) is -2.76. The van der Waals surface area contributed by atoms with Crippen molar-refractivity contribution >= 4 is 39.7 Å². The molecule has 0 unspecified atom stereocenters. The number of benzene rings is 3. The average Bonchev–Trinajstić information content (AvgIpc) is 2.77. The first-order valence-corrected chi connectivity index (χ1v) is 9.57. The summed E-state index contributed by atoms with van der Waals surface area (Å²) in [6, 6.07) is 19.1. The van der Waals surface area contributed by atoms with Crippen molar-refractivity contribution in [1.29, 1.82) is 0 Å². The average molecular weight is 414 g/mol. The lowest BCUT2D eigenvalue weighted by Gasteiger charge is -2.17. The smallest absolute Gasteiger partial charge is 0.335 e. The number of carbonyl (C=O) groups excluding carboxylic acids is 1. The third-order valence-corrected chi connectivity index (χ3v) is 5.06. The predicted molar refractivity (Wildman–Crippen MR) is 115 cm³/mol. The number of nitrogens with one attached hydrogen (secondary N) is 1. The second-order valence-corrected chi connectivity index (χ2v) is 7.09. The number of hydrogen-bond donors (Lipinski definition) is 3. The Bertz CT molecular complexity index is 1260. The standard InChI is InChI=1S/C24H18N2O5/c27-22(26-20(24(30)31)13-14-9-11-15(12-10-14)23(28)29)21-16-5-1-3-7-18(16)25-19-8-4-2-6-17(19)21/h1-12,20H,13H2,(H,26,27)(H,28,29)(H,30,31)/t20-/m1/s1. The van der Waals surface area contributed by atoms with Gasteiger partial charge in [-0.15, -0.1) is 0 Å². The third-order valence-electron chi connectivity index (χ3n) is 5.06. The number of nitrogens with zero attached hydrogens (tertiary/aromatic N) is 1. The van der Waals surface area contributed by atoms with E-state index in [-0.39, 0.29) is 12.0 Å². The molecule has 1 amide bonds. The zero-order chi connectivity index (χ0) is 22.0. The van der Waals surface area contributed by atoms with E-state index in [4.69, 9.17) is 5.11 Å². The molecule has 7 nitrogen and oxygen atoms in total. The van der Waals surface area contributed by atoms with Gasteiger partial charge < -0.3 is 15.5 Å². The Morgan fingerprint density at radius 3 is 1.87 bits per heavy atom. The monoisotopic (exact) mass is 414 g/mol. The summed E-state index contributed by atoms with van der Waals surface area (Å²) in [6.07, 6.45) is 0.0158. The fourth-order valence-electron chi connectivity index (χ4n) is 3.53. The Hall–Kier alpha value is -4.26. The minimum Gasteiger partial charge on any atom is -0.480 e. The number of aliphatic carboxylic acids is 1. The van der Waals surface area contributed by atoms with Gasteiger partial charge in [0.2, 0.25) is 0 Å². The molecule has 1 atom stereocenters. The normalized spacial score (nSPS) is 11.9. The largest absolute Gasteiger partial charge is 0.480 e.